The fourth-order valence-corrected chi connectivity index (χ4v) is 2.86. The van der Waals surface area contributed by atoms with Crippen LogP contribution in [0.25, 0.3) is 0 Å². The molecule has 0 amide bonds. The van der Waals surface area contributed by atoms with Gasteiger partial charge in [0.2, 0.25) is 0 Å². The van der Waals surface area contributed by atoms with Crippen LogP contribution in [0.3, 0.4) is 0 Å². The summed E-state index contributed by atoms with van der Waals surface area (Å²) in [4.78, 5) is 2.30. The van der Waals surface area contributed by atoms with Crippen LogP contribution in [0.5, 0.6) is 0 Å². The quantitative estimate of drug-likeness (QED) is 0.918. The van der Waals surface area contributed by atoms with Crippen molar-refractivity contribution < 1.29 is 8.78 Å². The van der Waals surface area contributed by atoms with Gasteiger partial charge in [-0.25, -0.2) is 8.78 Å². The molecule has 1 aromatic carbocycles. The van der Waals surface area contributed by atoms with Crippen molar-refractivity contribution in [3.63, 3.8) is 0 Å². The molecule has 1 aliphatic carbocycles. The molecule has 0 bridgehead atoms. The molecule has 1 atom stereocenters. The third kappa shape index (κ3) is 3.82. The monoisotopic (exact) mass is 324 g/mol. The van der Waals surface area contributed by atoms with Gasteiger partial charge in [-0.2, -0.15) is 0 Å². The van der Waals surface area contributed by atoms with Crippen molar-refractivity contribution in [2.24, 2.45) is 5.92 Å². The summed E-state index contributed by atoms with van der Waals surface area (Å²) in [6.45, 7) is 3.69. The summed E-state index contributed by atoms with van der Waals surface area (Å²) in [6, 6.07) is 3.88. The molecule has 0 spiro atoms. The Kier molecular flexibility index (Phi) is 6.65. The molecule has 3 rings (SSSR count). The van der Waals surface area contributed by atoms with Crippen LogP contribution in [-0.4, -0.2) is 31.1 Å². The van der Waals surface area contributed by atoms with E-state index < -0.39 is 0 Å². The molecule has 1 N–H and O–H groups in total. The predicted molar refractivity (Wildman–Crippen MR) is 80.8 cm³/mol. The molecule has 2 fully saturated rings. The first-order chi connectivity index (χ1) is 8.75. The number of rotatable bonds is 3. The number of hydrogen-bond donors (Lipinski definition) is 1. The van der Waals surface area contributed by atoms with Gasteiger partial charge >= 0.3 is 0 Å². The van der Waals surface area contributed by atoms with E-state index in [1.165, 1.54) is 18.2 Å². The predicted octanol–water partition coefficient (Wildman–Crippen LogP) is 3.16. The van der Waals surface area contributed by atoms with E-state index in [0.29, 0.717) is 11.5 Å². The lowest BCUT2D eigenvalue weighted by atomic mass is 9.99. The van der Waals surface area contributed by atoms with Gasteiger partial charge in [-0.3, -0.25) is 4.90 Å². The molecule has 1 aromatic rings. The van der Waals surface area contributed by atoms with Gasteiger partial charge in [0.25, 0.3) is 0 Å². The standard InChI is InChI=1S/C14H18F2N2.2ClH/c15-11-3-4-13(16)12(9-11)14(10-1-2-10)18-7-5-17-6-8-18;;/h3-4,9-10,14,17H,1-2,5-8H2;2*1H/t14-;;/m0../s1. The Morgan fingerprint density at radius 3 is 2.35 bits per heavy atom. The zero-order valence-corrected chi connectivity index (χ0v) is 12.8. The van der Waals surface area contributed by atoms with Gasteiger partial charge in [0.05, 0.1) is 0 Å². The third-order valence-corrected chi connectivity index (χ3v) is 3.89. The maximum Gasteiger partial charge on any atom is 0.128 e. The molecule has 2 aliphatic rings. The zero-order chi connectivity index (χ0) is 12.5. The van der Waals surface area contributed by atoms with E-state index in [1.807, 2.05) is 0 Å². The van der Waals surface area contributed by atoms with E-state index in [0.717, 1.165) is 39.0 Å². The van der Waals surface area contributed by atoms with E-state index in [4.69, 9.17) is 0 Å². The van der Waals surface area contributed by atoms with Crippen LogP contribution < -0.4 is 5.32 Å². The molecule has 6 heteroatoms. The highest BCUT2D eigenvalue weighted by molar-refractivity contribution is 5.85. The molecular formula is C14H20Cl2F2N2. The first-order valence-electron chi connectivity index (χ1n) is 6.65. The highest BCUT2D eigenvalue weighted by atomic mass is 35.5. The Bertz CT molecular complexity index is 435. The first kappa shape index (κ1) is 17.6. The van der Waals surface area contributed by atoms with Crippen molar-refractivity contribution >= 4 is 24.8 Å². The molecule has 114 valence electrons. The fourth-order valence-electron chi connectivity index (χ4n) is 2.86. The summed E-state index contributed by atoms with van der Waals surface area (Å²) in [7, 11) is 0. The molecule has 1 saturated carbocycles. The molecule has 1 saturated heterocycles. The van der Waals surface area contributed by atoms with E-state index in [1.54, 1.807) is 0 Å². The van der Waals surface area contributed by atoms with E-state index in [2.05, 4.69) is 10.2 Å². The number of nitrogens with zero attached hydrogens (tertiary/aromatic N) is 1. The lowest BCUT2D eigenvalue weighted by Gasteiger charge is -2.35. The van der Waals surface area contributed by atoms with Crippen molar-refractivity contribution in [2.45, 2.75) is 18.9 Å². The van der Waals surface area contributed by atoms with Crippen LogP contribution in [0.15, 0.2) is 18.2 Å². The SMILES string of the molecule is Cl.Cl.Fc1ccc(F)c([C@H](C2CC2)N2CCNCC2)c1. The molecular weight excluding hydrogens is 305 g/mol. The van der Waals surface area contributed by atoms with E-state index >= 15 is 0 Å². The van der Waals surface area contributed by atoms with Crippen molar-refractivity contribution in [3.8, 4) is 0 Å². The number of benzene rings is 1. The Hall–Kier alpha value is -0.420. The van der Waals surface area contributed by atoms with Crippen molar-refractivity contribution in [3.05, 3.63) is 35.4 Å². The van der Waals surface area contributed by atoms with Crippen molar-refractivity contribution in [1.82, 2.24) is 10.2 Å². The summed E-state index contributed by atoms with van der Waals surface area (Å²) in [6.07, 6.45) is 2.26. The lowest BCUT2D eigenvalue weighted by Crippen LogP contribution is -2.45. The molecule has 0 aromatic heterocycles. The van der Waals surface area contributed by atoms with Gasteiger partial charge in [0.15, 0.2) is 0 Å². The molecule has 0 radical (unpaired) electrons. The van der Waals surface area contributed by atoms with Crippen LogP contribution >= 0.6 is 24.8 Å². The van der Waals surface area contributed by atoms with Gasteiger partial charge in [0.1, 0.15) is 11.6 Å². The summed E-state index contributed by atoms with van der Waals surface area (Å²) in [5.41, 5.74) is 0.541. The Morgan fingerprint density at radius 1 is 1.10 bits per heavy atom. The first-order valence-corrected chi connectivity index (χ1v) is 6.65. The second-order valence-corrected chi connectivity index (χ2v) is 5.23. The normalized spacial score (nSPS) is 20.7. The largest absolute Gasteiger partial charge is 0.314 e. The minimum absolute atomic E-state index is 0. The minimum atomic E-state index is -0.341. The van der Waals surface area contributed by atoms with Crippen LogP contribution in [-0.2, 0) is 0 Å². The van der Waals surface area contributed by atoms with E-state index in [-0.39, 0.29) is 42.5 Å². The average molecular weight is 325 g/mol. The highest BCUT2D eigenvalue weighted by Gasteiger charge is 2.38. The average Bonchev–Trinajstić information content (AvgIpc) is 3.20. The Balaban J connectivity index is 0.000001000. The summed E-state index contributed by atoms with van der Waals surface area (Å²) in [5, 5.41) is 3.30. The van der Waals surface area contributed by atoms with Gasteiger partial charge in [-0.15, -0.1) is 24.8 Å². The van der Waals surface area contributed by atoms with Gasteiger partial charge in [-0.05, 0) is 37.0 Å². The number of halogens is 4. The zero-order valence-electron chi connectivity index (χ0n) is 11.1. The second-order valence-electron chi connectivity index (χ2n) is 5.23. The number of piperazine rings is 1. The summed E-state index contributed by atoms with van der Waals surface area (Å²) in [5.74, 6) is -0.113. The Labute approximate surface area is 130 Å². The third-order valence-electron chi connectivity index (χ3n) is 3.89. The molecule has 1 heterocycles. The second kappa shape index (κ2) is 7.55. The van der Waals surface area contributed by atoms with Crippen LogP contribution in [0.1, 0.15) is 24.4 Å². The lowest BCUT2D eigenvalue weighted by molar-refractivity contribution is 0.152. The van der Waals surface area contributed by atoms with Gasteiger partial charge in [0, 0.05) is 37.8 Å². The smallest absolute Gasteiger partial charge is 0.128 e. The maximum absolute atomic E-state index is 14.0. The van der Waals surface area contributed by atoms with Crippen LogP contribution in [0.4, 0.5) is 8.78 Å². The number of hydrogen-bond acceptors (Lipinski definition) is 2. The Morgan fingerprint density at radius 2 is 1.75 bits per heavy atom. The van der Waals surface area contributed by atoms with E-state index in [9.17, 15) is 8.78 Å². The highest BCUT2D eigenvalue weighted by Crippen LogP contribution is 2.45. The van der Waals surface area contributed by atoms with Gasteiger partial charge in [-0.1, -0.05) is 0 Å². The summed E-state index contributed by atoms with van der Waals surface area (Å²) < 4.78 is 27.3. The summed E-state index contributed by atoms with van der Waals surface area (Å²) >= 11 is 0. The fraction of sp³-hybridized carbons (Fsp3) is 0.571. The number of nitrogens with one attached hydrogen (secondary N) is 1. The topological polar surface area (TPSA) is 15.3 Å². The minimum Gasteiger partial charge on any atom is -0.314 e. The molecule has 0 unspecified atom stereocenters. The molecule has 2 nitrogen and oxygen atoms in total. The van der Waals surface area contributed by atoms with Gasteiger partial charge < -0.3 is 5.32 Å². The molecule has 1 aliphatic heterocycles. The molecule has 20 heavy (non-hydrogen) atoms. The van der Waals surface area contributed by atoms with Crippen LogP contribution in [0.2, 0.25) is 0 Å². The maximum atomic E-state index is 14.0. The van der Waals surface area contributed by atoms with Crippen molar-refractivity contribution in [1.29, 1.82) is 0 Å². The van der Waals surface area contributed by atoms with Crippen LogP contribution in [0, 0.1) is 17.6 Å². The van der Waals surface area contributed by atoms with Crippen molar-refractivity contribution in [2.75, 3.05) is 26.2 Å².